The monoisotopic (exact) mass is 152 g/mol. The lowest BCUT2D eigenvalue weighted by Crippen LogP contribution is -1.77. The number of allylic oxidation sites excluding steroid dienone is 4. The highest BCUT2D eigenvalue weighted by Crippen LogP contribution is 2.01. The maximum Gasteiger partial charge on any atom is 0.124 e. The lowest BCUT2D eigenvalue weighted by Gasteiger charge is -1.91. The molecule has 0 aliphatic heterocycles. The van der Waals surface area contributed by atoms with Crippen molar-refractivity contribution >= 4 is 6.29 Å². The fourth-order valence-electron chi connectivity index (χ4n) is 0.711. The molecule has 62 valence electrons. The molecular weight excluding hydrogens is 136 g/mol. The summed E-state index contributed by atoms with van der Waals surface area (Å²) in [7, 11) is 0. The van der Waals surface area contributed by atoms with Crippen LogP contribution in [0.4, 0.5) is 0 Å². The van der Waals surface area contributed by atoms with E-state index in [1.807, 2.05) is 6.92 Å². The number of aldehydes is 1. The Morgan fingerprint density at radius 3 is 2.27 bits per heavy atom. The van der Waals surface area contributed by atoms with E-state index < -0.39 is 0 Å². The van der Waals surface area contributed by atoms with E-state index in [2.05, 4.69) is 26.0 Å². The van der Waals surface area contributed by atoms with E-state index in [-0.39, 0.29) is 0 Å². The summed E-state index contributed by atoms with van der Waals surface area (Å²) in [6, 6.07) is 0. The summed E-state index contributed by atoms with van der Waals surface area (Å²) in [6.45, 7) is 6.12. The van der Waals surface area contributed by atoms with E-state index >= 15 is 0 Å². The molecule has 0 heterocycles. The van der Waals surface area contributed by atoms with Gasteiger partial charge in [-0.2, -0.15) is 0 Å². The first-order chi connectivity index (χ1) is 5.16. The standard InChI is InChI=1S/C10H16O/c1-9(2)5-4-6-10(3)7-8-11/h5-6,8H,4,7H2,1-3H3. The molecule has 0 aromatic heterocycles. The largest absolute Gasteiger partial charge is 0.303 e. The lowest BCUT2D eigenvalue weighted by atomic mass is 10.2. The van der Waals surface area contributed by atoms with Crippen molar-refractivity contribution in [1.29, 1.82) is 0 Å². The summed E-state index contributed by atoms with van der Waals surface area (Å²) in [5.41, 5.74) is 2.47. The second-order valence-corrected chi connectivity index (χ2v) is 2.94. The maximum atomic E-state index is 10.1. The van der Waals surface area contributed by atoms with Gasteiger partial charge in [0.1, 0.15) is 6.29 Å². The van der Waals surface area contributed by atoms with Crippen LogP contribution in [0.5, 0.6) is 0 Å². The van der Waals surface area contributed by atoms with Crippen molar-refractivity contribution in [2.75, 3.05) is 0 Å². The van der Waals surface area contributed by atoms with Crippen LogP contribution >= 0.6 is 0 Å². The molecule has 0 saturated heterocycles. The quantitative estimate of drug-likeness (QED) is 0.447. The molecule has 0 aromatic carbocycles. The lowest BCUT2D eigenvalue weighted by molar-refractivity contribution is -0.107. The molecule has 1 heteroatoms. The summed E-state index contributed by atoms with van der Waals surface area (Å²) in [5, 5.41) is 0. The Bertz CT molecular complexity index is 171. The Morgan fingerprint density at radius 1 is 1.18 bits per heavy atom. The summed E-state index contributed by atoms with van der Waals surface area (Å²) < 4.78 is 0. The fraction of sp³-hybridized carbons (Fsp3) is 0.500. The molecule has 0 aromatic rings. The Hall–Kier alpha value is -0.850. The molecule has 1 nitrogen and oxygen atoms in total. The second-order valence-electron chi connectivity index (χ2n) is 2.94. The van der Waals surface area contributed by atoms with E-state index in [4.69, 9.17) is 0 Å². The van der Waals surface area contributed by atoms with Gasteiger partial charge in [-0.3, -0.25) is 0 Å². The van der Waals surface area contributed by atoms with Gasteiger partial charge in [-0.05, 0) is 27.2 Å². The van der Waals surface area contributed by atoms with Crippen LogP contribution in [-0.2, 0) is 4.79 Å². The summed E-state index contributed by atoms with van der Waals surface area (Å²) in [4.78, 5) is 10.1. The van der Waals surface area contributed by atoms with E-state index in [0.717, 1.165) is 18.3 Å². The summed E-state index contributed by atoms with van der Waals surface area (Å²) in [6.07, 6.45) is 6.68. The Kier molecular flexibility index (Phi) is 5.44. The molecule has 0 atom stereocenters. The zero-order valence-electron chi connectivity index (χ0n) is 7.55. The molecule has 0 aliphatic rings. The molecule has 0 rings (SSSR count). The van der Waals surface area contributed by atoms with Gasteiger partial charge in [0.05, 0.1) is 0 Å². The van der Waals surface area contributed by atoms with Crippen LogP contribution in [0.3, 0.4) is 0 Å². The molecule has 0 amide bonds. The van der Waals surface area contributed by atoms with Crippen LogP contribution in [0.15, 0.2) is 23.3 Å². The van der Waals surface area contributed by atoms with E-state index in [1.54, 1.807) is 0 Å². The summed E-state index contributed by atoms with van der Waals surface area (Å²) >= 11 is 0. The van der Waals surface area contributed by atoms with E-state index in [1.165, 1.54) is 5.57 Å². The minimum atomic E-state index is 0.566. The molecule has 0 fully saturated rings. The van der Waals surface area contributed by atoms with Gasteiger partial charge in [0.2, 0.25) is 0 Å². The van der Waals surface area contributed by atoms with Crippen LogP contribution in [0.2, 0.25) is 0 Å². The Labute approximate surface area is 68.8 Å². The van der Waals surface area contributed by atoms with Gasteiger partial charge in [-0.1, -0.05) is 23.3 Å². The number of hydrogen-bond donors (Lipinski definition) is 0. The highest BCUT2D eigenvalue weighted by molar-refractivity contribution is 5.53. The minimum absolute atomic E-state index is 0.566. The number of carbonyl (C=O) groups is 1. The van der Waals surface area contributed by atoms with Crippen LogP contribution in [-0.4, -0.2) is 6.29 Å². The zero-order valence-corrected chi connectivity index (χ0v) is 7.55. The molecule has 0 unspecified atom stereocenters. The van der Waals surface area contributed by atoms with Crippen molar-refractivity contribution < 1.29 is 4.79 Å². The third-order valence-electron chi connectivity index (χ3n) is 1.40. The molecule has 0 spiro atoms. The highest BCUT2D eigenvalue weighted by atomic mass is 16.1. The predicted octanol–water partition coefficient (Wildman–Crippen LogP) is 2.88. The Morgan fingerprint density at radius 2 is 1.82 bits per heavy atom. The molecule has 0 aliphatic carbocycles. The first kappa shape index (κ1) is 10.2. The van der Waals surface area contributed by atoms with Gasteiger partial charge in [-0.25, -0.2) is 0 Å². The van der Waals surface area contributed by atoms with Crippen molar-refractivity contribution in [2.45, 2.75) is 33.6 Å². The second kappa shape index (κ2) is 5.90. The summed E-state index contributed by atoms with van der Waals surface area (Å²) in [5.74, 6) is 0. The fourth-order valence-corrected chi connectivity index (χ4v) is 0.711. The maximum absolute atomic E-state index is 10.1. The molecule has 0 saturated carbocycles. The number of carbonyl (C=O) groups excluding carboxylic acids is 1. The van der Waals surface area contributed by atoms with Gasteiger partial charge in [-0.15, -0.1) is 0 Å². The molecule has 0 N–H and O–H groups in total. The smallest absolute Gasteiger partial charge is 0.124 e. The zero-order chi connectivity index (χ0) is 8.69. The number of rotatable bonds is 4. The molecular formula is C10H16O. The topological polar surface area (TPSA) is 17.1 Å². The number of hydrogen-bond acceptors (Lipinski definition) is 1. The van der Waals surface area contributed by atoms with Crippen molar-refractivity contribution in [2.24, 2.45) is 0 Å². The normalized spacial score (nSPS) is 11.0. The molecule has 0 radical (unpaired) electrons. The van der Waals surface area contributed by atoms with Crippen molar-refractivity contribution in [3.63, 3.8) is 0 Å². The van der Waals surface area contributed by atoms with E-state index in [9.17, 15) is 4.79 Å². The van der Waals surface area contributed by atoms with Crippen molar-refractivity contribution in [3.8, 4) is 0 Å². The van der Waals surface area contributed by atoms with Gasteiger partial charge < -0.3 is 4.79 Å². The van der Waals surface area contributed by atoms with Gasteiger partial charge in [0.25, 0.3) is 0 Å². The average molecular weight is 152 g/mol. The minimum Gasteiger partial charge on any atom is -0.303 e. The molecule has 0 bridgehead atoms. The molecule has 11 heavy (non-hydrogen) atoms. The van der Waals surface area contributed by atoms with Crippen LogP contribution in [0.1, 0.15) is 33.6 Å². The average Bonchev–Trinajstić information content (AvgIpc) is 1.87. The third-order valence-corrected chi connectivity index (χ3v) is 1.40. The van der Waals surface area contributed by atoms with Crippen molar-refractivity contribution in [3.05, 3.63) is 23.3 Å². The third kappa shape index (κ3) is 7.04. The Balaban J connectivity index is 3.73. The first-order valence-electron chi connectivity index (χ1n) is 3.89. The SMILES string of the molecule is CC(C)=CCC=C(C)CC=O. The van der Waals surface area contributed by atoms with Crippen molar-refractivity contribution in [1.82, 2.24) is 0 Å². The first-order valence-corrected chi connectivity index (χ1v) is 3.89. The van der Waals surface area contributed by atoms with Crippen LogP contribution < -0.4 is 0 Å². The van der Waals surface area contributed by atoms with E-state index in [0.29, 0.717) is 6.42 Å². The van der Waals surface area contributed by atoms with Gasteiger partial charge in [0.15, 0.2) is 0 Å². The predicted molar refractivity (Wildman–Crippen MR) is 48.5 cm³/mol. The highest BCUT2D eigenvalue weighted by Gasteiger charge is 1.84. The van der Waals surface area contributed by atoms with Gasteiger partial charge >= 0.3 is 0 Å². The van der Waals surface area contributed by atoms with Gasteiger partial charge in [0, 0.05) is 6.42 Å². The van der Waals surface area contributed by atoms with Crippen LogP contribution in [0.25, 0.3) is 0 Å². The van der Waals surface area contributed by atoms with Crippen LogP contribution in [0, 0.1) is 0 Å².